The zero-order chi connectivity index (χ0) is 13.0. The minimum atomic E-state index is 1.17. The lowest BCUT2D eigenvalue weighted by Gasteiger charge is -2.14. The third kappa shape index (κ3) is 2.62. The molecule has 2 aromatic rings. The number of anilines is 1. The molecule has 0 spiro atoms. The Morgan fingerprint density at radius 3 is 1.94 bits per heavy atom. The highest BCUT2D eigenvalue weighted by Crippen LogP contribution is 2.24. The smallest absolute Gasteiger partial charge is 0.0361 e. The quantitative estimate of drug-likeness (QED) is 0.778. The molecule has 0 aromatic heterocycles. The van der Waals surface area contributed by atoms with Gasteiger partial charge in [-0.3, -0.25) is 0 Å². The summed E-state index contributed by atoms with van der Waals surface area (Å²) in [5.74, 6) is 0. The Labute approximate surface area is 109 Å². The second kappa shape index (κ2) is 5.54. The van der Waals surface area contributed by atoms with Gasteiger partial charge >= 0.3 is 0 Å². The van der Waals surface area contributed by atoms with Crippen LogP contribution >= 0.6 is 0 Å². The first-order valence-electron chi connectivity index (χ1n) is 6.05. The average molecular weight is 236 g/mol. The third-order valence-corrected chi connectivity index (χ3v) is 2.98. The number of hydrogen-bond donors (Lipinski definition) is 0. The van der Waals surface area contributed by atoms with Crippen molar-refractivity contribution in [1.82, 2.24) is 0 Å². The molecular formula is C17H18N. The standard InChI is InChI=1S/C17H18N/c1-4-17(14-8-6-5-7-9-14)15-10-12-16(13-11-15)18(2)3/h4-13H,1H2,2-3H3. The Hall–Kier alpha value is -2.02. The second-order valence-corrected chi connectivity index (χ2v) is 4.43. The van der Waals surface area contributed by atoms with E-state index in [1.807, 2.05) is 38.4 Å². The normalized spacial score (nSPS) is 11.4. The van der Waals surface area contributed by atoms with E-state index in [1.165, 1.54) is 22.4 Å². The molecule has 2 rings (SSSR count). The molecule has 0 heterocycles. The van der Waals surface area contributed by atoms with E-state index >= 15 is 0 Å². The van der Waals surface area contributed by atoms with Gasteiger partial charge in [-0.25, -0.2) is 0 Å². The van der Waals surface area contributed by atoms with E-state index in [0.717, 1.165) is 0 Å². The minimum absolute atomic E-state index is 1.17. The largest absolute Gasteiger partial charge is 0.378 e. The molecule has 91 valence electrons. The summed E-state index contributed by atoms with van der Waals surface area (Å²) in [5.41, 5.74) is 4.77. The number of benzene rings is 2. The van der Waals surface area contributed by atoms with Gasteiger partial charge in [0, 0.05) is 19.8 Å². The van der Waals surface area contributed by atoms with Crippen molar-refractivity contribution in [2.45, 2.75) is 0 Å². The van der Waals surface area contributed by atoms with Crippen LogP contribution < -0.4 is 4.90 Å². The maximum atomic E-state index is 3.92. The van der Waals surface area contributed by atoms with Crippen LogP contribution in [0.1, 0.15) is 11.1 Å². The summed E-state index contributed by atoms with van der Waals surface area (Å²) in [6, 6.07) is 18.9. The minimum Gasteiger partial charge on any atom is -0.378 e. The van der Waals surface area contributed by atoms with Crippen molar-refractivity contribution in [2.75, 3.05) is 19.0 Å². The first-order chi connectivity index (χ1) is 8.72. The van der Waals surface area contributed by atoms with Gasteiger partial charge < -0.3 is 4.90 Å². The van der Waals surface area contributed by atoms with Gasteiger partial charge in [0.15, 0.2) is 0 Å². The molecule has 0 N–H and O–H groups in total. The van der Waals surface area contributed by atoms with Crippen LogP contribution in [-0.4, -0.2) is 14.1 Å². The highest BCUT2D eigenvalue weighted by molar-refractivity contribution is 5.80. The van der Waals surface area contributed by atoms with Crippen molar-refractivity contribution in [2.24, 2.45) is 0 Å². The summed E-state index contributed by atoms with van der Waals surface area (Å²) in [7, 11) is 4.09. The van der Waals surface area contributed by atoms with Crippen LogP contribution in [0.5, 0.6) is 0 Å². The van der Waals surface area contributed by atoms with Gasteiger partial charge in [0.05, 0.1) is 0 Å². The summed E-state index contributed by atoms with van der Waals surface area (Å²) in [6.45, 7) is 3.92. The molecule has 18 heavy (non-hydrogen) atoms. The van der Waals surface area contributed by atoms with Gasteiger partial charge in [-0.1, -0.05) is 48.5 Å². The Kier molecular flexibility index (Phi) is 3.83. The molecule has 2 aromatic carbocycles. The topological polar surface area (TPSA) is 3.24 Å². The van der Waals surface area contributed by atoms with Gasteiger partial charge in [0.2, 0.25) is 0 Å². The van der Waals surface area contributed by atoms with E-state index < -0.39 is 0 Å². The SMILES string of the molecule is [CH2]C=C(c1ccccc1)c1ccc(N(C)C)cc1. The lowest BCUT2D eigenvalue weighted by Crippen LogP contribution is -2.08. The molecule has 0 aliphatic carbocycles. The Balaban J connectivity index is 2.35. The van der Waals surface area contributed by atoms with Gasteiger partial charge in [0.25, 0.3) is 0 Å². The zero-order valence-corrected chi connectivity index (χ0v) is 10.9. The van der Waals surface area contributed by atoms with Gasteiger partial charge in [0.1, 0.15) is 0 Å². The first-order valence-corrected chi connectivity index (χ1v) is 6.05. The molecule has 0 bridgehead atoms. The zero-order valence-electron chi connectivity index (χ0n) is 10.9. The molecule has 0 aliphatic heterocycles. The molecule has 0 fully saturated rings. The molecule has 0 saturated carbocycles. The molecule has 0 aliphatic rings. The van der Waals surface area contributed by atoms with Crippen molar-refractivity contribution in [3.63, 3.8) is 0 Å². The van der Waals surface area contributed by atoms with Crippen LogP contribution in [0.3, 0.4) is 0 Å². The fourth-order valence-corrected chi connectivity index (χ4v) is 1.96. The highest BCUT2D eigenvalue weighted by Gasteiger charge is 2.03. The van der Waals surface area contributed by atoms with E-state index in [-0.39, 0.29) is 0 Å². The molecule has 0 amide bonds. The monoisotopic (exact) mass is 236 g/mol. The van der Waals surface area contributed by atoms with E-state index in [9.17, 15) is 0 Å². The summed E-state index contributed by atoms with van der Waals surface area (Å²) < 4.78 is 0. The van der Waals surface area contributed by atoms with Crippen molar-refractivity contribution < 1.29 is 0 Å². The van der Waals surface area contributed by atoms with Crippen LogP contribution in [0.15, 0.2) is 60.7 Å². The van der Waals surface area contributed by atoms with Gasteiger partial charge in [-0.05, 0) is 35.8 Å². The second-order valence-electron chi connectivity index (χ2n) is 4.43. The Bertz CT molecular complexity index is 521. The number of hydrogen-bond acceptors (Lipinski definition) is 1. The van der Waals surface area contributed by atoms with Crippen LogP contribution in [0, 0.1) is 6.92 Å². The van der Waals surface area contributed by atoms with Crippen LogP contribution in [0.25, 0.3) is 5.57 Å². The van der Waals surface area contributed by atoms with E-state index in [2.05, 4.69) is 48.2 Å². The van der Waals surface area contributed by atoms with Gasteiger partial charge in [-0.15, -0.1) is 0 Å². The van der Waals surface area contributed by atoms with E-state index in [4.69, 9.17) is 0 Å². The van der Waals surface area contributed by atoms with Crippen molar-refractivity contribution in [1.29, 1.82) is 0 Å². The molecule has 0 saturated heterocycles. The molecule has 0 atom stereocenters. The third-order valence-electron chi connectivity index (χ3n) is 2.98. The summed E-state index contributed by atoms with van der Waals surface area (Å²) in [4.78, 5) is 2.10. The molecule has 1 radical (unpaired) electrons. The molecule has 1 nitrogen and oxygen atoms in total. The summed E-state index contributed by atoms with van der Waals surface area (Å²) >= 11 is 0. The first kappa shape index (κ1) is 12.4. The average Bonchev–Trinajstić information content (AvgIpc) is 2.41. The maximum Gasteiger partial charge on any atom is 0.0361 e. The predicted octanol–water partition coefficient (Wildman–Crippen LogP) is 4.02. The fraction of sp³-hybridized carbons (Fsp3) is 0.118. The maximum absolute atomic E-state index is 3.92. The lowest BCUT2D eigenvalue weighted by atomic mass is 9.97. The number of allylic oxidation sites excluding steroid dienone is 1. The van der Waals surface area contributed by atoms with Crippen LogP contribution in [-0.2, 0) is 0 Å². The summed E-state index contributed by atoms with van der Waals surface area (Å²) in [6.07, 6.45) is 1.92. The number of nitrogens with zero attached hydrogens (tertiary/aromatic N) is 1. The van der Waals surface area contributed by atoms with Crippen LogP contribution in [0.2, 0.25) is 0 Å². The number of rotatable bonds is 3. The summed E-state index contributed by atoms with van der Waals surface area (Å²) in [5, 5.41) is 0. The lowest BCUT2D eigenvalue weighted by molar-refractivity contribution is 1.13. The predicted molar refractivity (Wildman–Crippen MR) is 79.6 cm³/mol. The molecule has 1 heteroatoms. The molecular weight excluding hydrogens is 218 g/mol. The molecule has 0 unspecified atom stereocenters. The van der Waals surface area contributed by atoms with Crippen molar-refractivity contribution >= 4 is 11.3 Å². The fourth-order valence-electron chi connectivity index (χ4n) is 1.96. The van der Waals surface area contributed by atoms with E-state index in [1.54, 1.807) is 0 Å². The van der Waals surface area contributed by atoms with Crippen molar-refractivity contribution in [3.8, 4) is 0 Å². The van der Waals surface area contributed by atoms with Crippen molar-refractivity contribution in [3.05, 3.63) is 78.7 Å². The highest BCUT2D eigenvalue weighted by atomic mass is 15.1. The van der Waals surface area contributed by atoms with Crippen LogP contribution in [0.4, 0.5) is 5.69 Å². The Morgan fingerprint density at radius 2 is 1.44 bits per heavy atom. The Morgan fingerprint density at radius 1 is 0.889 bits per heavy atom. The van der Waals surface area contributed by atoms with E-state index in [0.29, 0.717) is 0 Å². The van der Waals surface area contributed by atoms with Gasteiger partial charge in [-0.2, -0.15) is 0 Å².